The zero-order valence-electron chi connectivity index (χ0n) is 14.8. The molecular formula is C20H24N4S. The van der Waals surface area contributed by atoms with E-state index in [9.17, 15) is 0 Å². The van der Waals surface area contributed by atoms with Gasteiger partial charge in [-0.2, -0.15) is 11.3 Å². The summed E-state index contributed by atoms with van der Waals surface area (Å²) in [5, 5.41) is 4.39. The van der Waals surface area contributed by atoms with Crippen LogP contribution in [0.3, 0.4) is 0 Å². The number of hydrogen-bond donors (Lipinski definition) is 0. The van der Waals surface area contributed by atoms with Crippen molar-refractivity contribution < 1.29 is 0 Å². The summed E-state index contributed by atoms with van der Waals surface area (Å²) < 4.78 is 0. The molecule has 3 rings (SSSR count). The molecule has 0 radical (unpaired) electrons. The summed E-state index contributed by atoms with van der Waals surface area (Å²) in [6, 6.07) is 10.9. The summed E-state index contributed by atoms with van der Waals surface area (Å²) in [5.74, 6) is 0. The third-order valence-electron chi connectivity index (χ3n) is 4.10. The van der Waals surface area contributed by atoms with Crippen LogP contribution in [0.1, 0.15) is 11.1 Å². The van der Waals surface area contributed by atoms with Crippen molar-refractivity contribution in [1.82, 2.24) is 19.8 Å². The second-order valence-corrected chi connectivity index (χ2v) is 7.25. The van der Waals surface area contributed by atoms with Crippen LogP contribution in [0.2, 0.25) is 0 Å². The lowest BCUT2D eigenvalue weighted by molar-refractivity contribution is 0.226. The van der Waals surface area contributed by atoms with Crippen LogP contribution in [0, 0.1) is 0 Å². The zero-order valence-corrected chi connectivity index (χ0v) is 15.6. The van der Waals surface area contributed by atoms with Gasteiger partial charge in [0.25, 0.3) is 0 Å². The van der Waals surface area contributed by atoms with Gasteiger partial charge >= 0.3 is 0 Å². The number of nitrogens with zero attached hydrogens (tertiary/aromatic N) is 4. The van der Waals surface area contributed by atoms with Crippen molar-refractivity contribution in [2.45, 2.75) is 13.1 Å². The standard InChI is InChI=1S/C20H24N4S/c1-23(2)8-9-24(14-18-7-10-25-15-18)13-17-3-5-19(6-4-17)20-11-21-16-22-12-20/h3-7,10-12,15-16H,8-9,13-14H2,1-2H3. The number of hydrogen-bond acceptors (Lipinski definition) is 5. The van der Waals surface area contributed by atoms with Crippen LogP contribution in [0.15, 0.2) is 59.8 Å². The molecule has 4 nitrogen and oxygen atoms in total. The highest BCUT2D eigenvalue weighted by Gasteiger charge is 2.09. The van der Waals surface area contributed by atoms with E-state index >= 15 is 0 Å². The molecule has 130 valence electrons. The number of likely N-dealkylation sites (N-methyl/N-ethyl adjacent to an activating group) is 1. The highest BCUT2D eigenvalue weighted by atomic mass is 32.1. The Morgan fingerprint density at radius 3 is 2.20 bits per heavy atom. The Bertz CT molecular complexity index is 739. The average Bonchev–Trinajstić information content (AvgIpc) is 3.14. The lowest BCUT2D eigenvalue weighted by atomic mass is 10.1. The van der Waals surface area contributed by atoms with E-state index in [0.29, 0.717) is 0 Å². The molecule has 0 unspecified atom stereocenters. The van der Waals surface area contributed by atoms with E-state index in [-0.39, 0.29) is 0 Å². The average molecular weight is 353 g/mol. The van der Waals surface area contributed by atoms with Gasteiger partial charge in [-0.1, -0.05) is 24.3 Å². The summed E-state index contributed by atoms with van der Waals surface area (Å²) in [7, 11) is 4.25. The minimum absolute atomic E-state index is 0.954. The van der Waals surface area contributed by atoms with E-state index in [1.54, 1.807) is 17.7 Å². The second-order valence-electron chi connectivity index (χ2n) is 6.47. The summed E-state index contributed by atoms with van der Waals surface area (Å²) in [6.45, 7) is 4.06. The van der Waals surface area contributed by atoms with E-state index < -0.39 is 0 Å². The predicted octanol–water partition coefficient (Wildman–Crippen LogP) is 3.77. The molecule has 2 heterocycles. The molecular weight excluding hydrogens is 328 g/mol. The Kier molecular flexibility index (Phi) is 6.28. The predicted molar refractivity (Wildman–Crippen MR) is 104 cm³/mol. The zero-order chi connectivity index (χ0) is 17.5. The summed E-state index contributed by atoms with van der Waals surface area (Å²) in [4.78, 5) is 12.9. The normalized spacial score (nSPS) is 11.4. The Labute approximate surface area is 153 Å². The summed E-state index contributed by atoms with van der Waals surface area (Å²) >= 11 is 1.76. The maximum atomic E-state index is 4.09. The van der Waals surface area contributed by atoms with E-state index in [1.807, 2.05) is 12.4 Å². The lowest BCUT2D eigenvalue weighted by Crippen LogP contribution is -2.31. The van der Waals surface area contributed by atoms with Crippen molar-refractivity contribution >= 4 is 11.3 Å². The van der Waals surface area contributed by atoms with Crippen molar-refractivity contribution in [3.8, 4) is 11.1 Å². The van der Waals surface area contributed by atoms with Crippen molar-refractivity contribution in [3.63, 3.8) is 0 Å². The number of thiophene rings is 1. The van der Waals surface area contributed by atoms with Gasteiger partial charge in [0, 0.05) is 44.1 Å². The quantitative estimate of drug-likeness (QED) is 0.618. The molecule has 0 fully saturated rings. The first-order chi connectivity index (χ1) is 12.2. The van der Waals surface area contributed by atoms with Gasteiger partial charge < -0.3 is 4.90 Å². The third-order valence-corrected chi connectivity index (χ3v) is 4.84. The molecule has 0 aliphatic carbocycles. The molecule has 2 aromatic heterocycles. The molecule has 1 aromatic carbocycles. The van der Waals surface area contributed by atoms with Gasteiger partial charge in [-0.25, -0.2) is 9.97 Å². The van der Waals surface area contributed by atoms with Gasteiger partial charge in [0.05, 0.1) is 0 Å². The Morgan fingerprint density at radius 2 is 1.56 bits per heavy atom. The smallest absolute Gasteiger partial charge is 0.115 e. The summed E-state index contributed by atoms with van der Waals surface area (Å²) in [5.41, 5.74) is 4.93. The Balaban J connectivity index is 1.67. The highest BCUT2D eigenvalue weighted by Crippen LogP contribution is 2.19. The van der Waals surface area contributed by atoms with Gasteiger partial charge in [0.15, 0.2) is 0 Å². The third kappa shape index (κ3) is 5.46. The van der Waals surface area contributed by atoms with Crippen LogP contribution in [-0.2, 0) is 13.1 Å². The maximum absolute atomic E-state index is 4.09. The van der Waals surface area contributed by atoms with Gasteiger partial charge in [-0.15, -0.1) is 0 Å². The van der Waals surface area contributed by atoms with Crippen LogP contribution < -0.4 is 0 Å². The van der Waals surface area contributed by atoms with E-state index in [2.05, 4.69) is 75.0 Å². The van der Waals surface area contributed by atoms with E-state index in [1.165, 1.54) is 11.1 Å². The topological polar surface area (TPSA) is 32.3 Å². The van der Waals surface area contributed by atoms with Crippen molar-refractivity contribution in [3.05, 3.63) is 70.9 Å². The molecule has 0 saturated carbocycles. The summed E-state index contributed by atoms with van der Waals surface area (Å²) in [6.07, 6.45) is 5.26. The van der Waals surface area contributed by atoms with Gasteiger partial charge in [0.1, 0.15) is 6.33 Å². The van der Waals surface area contributed by atoms with Crippen LogP contribution >= 0.6 is 11.3 Å². The molecule has 0 saturated heterocycles. The van der Waals surface area contributed by atoms with E-state index in [4.69, 9.17) is 0 Å². The fraction of sp³-hybridized carbons (Fsp3) is 0.300. The maximum Gasteiger partial charge on any atom is 0.115 e. The number of benzene rings is 1. The number of rotatable bonds is 8. The second kappa shape index (κ2) is 8.85. The van der Waals surface area contributed by atoms with Crippen LogP contribution in [0.25, 0.3) is 11.1 Å². The number of aromatic nitrogens is 2. The first kappa shape index (κ1) is 17.7. The molecule has 0 atom stereocenters. The Hall–Kier alpha value is -2.08. The van der Waals surface area contributed by atoms with Crippen molar-refractivity contribution in [2.75, 3.05) is 27.2 Å². The van der Waals surface area contributed by atoms with Crippen LogP contribution in [0.5, 0.6) is 0 Å². The minimum Gasteiger partial charge on any atom is -0.308 e. The first-order valence-corrected chi connectivity index (χ1v) is 9.37. The molecule has 0 aliphatic heterocycles. The van der Waals surface area contributed by atoms with E-state index in [0.717, 1.165) is 37.3 Å². The van der Waals surface area contributed by atoms with Crippen LogP contribution in [0.4, 0.5) is 0 Å². The van der Waals surface area contributed by atoms with Crippen LogP contribution in [-0.4, -0.2) is 47.0 Å². The molecule has 0 bridgehead atoms. The van der Waals surface area contributed by atoms with Gasteiger partial charge in [0.2, 0.25) is 0 Å². The largest absolute Gasteiger partial charge is 0.308 e. The molecule has 3 aromatic rings. The monoisotopic (exact) mass is 352 g/mol. The molecule has 0 aliphatic rings. The lowest BCUT2D eigenvalue weighted by Gasteiger charge is -2.24. The highest BCUT2D eigenvalue weighted by molar-refractivity contribution is 7.07. The van der Waals surface area contributed by atoms with Crippen molar-refractivity contribution in [2.24, 2.45) is 0 Å². The van der Waals surface area contributed by atoms with Gasteiger partial charge in [-0.05, 0) is 47.6 Å². The molecule has 0 N–H and O–H groups in total. The first-order valence-electron chi connectivity index (χ1n) is 8.43. The molecule has 5 heteroatoms. The molecule has 0 amide bonds. The minimum atomic E-state index is 0.954. The molecule has 25 heavy (non-hydrogen) atoms. The van der Waals surface area contributed by atoms with Gasteiger partial charge in [-0.3, -0.25) is 4.90 Å². The fourth-order valence-corrected chi connectivity index (χ4v) is 3.37. The fourth-order valence-electron chi connectivity index (χ4n) is 2.71. The molecule has 0 spiro atoms. The Morgan fingerprint density at radius 1 is 0.840 bits per heavy atom. The SMILES string of the molecule is CN(C)CCN(Cc1ccc(-c2cncnc2)cc1)Cc1ccsc1. The van der Waals surface area contributed by atoms with Crippen molar-refractivity contribution in [1.29, 1.82) is 0 Å².